The molecule has 27 heavy (non-hydrogen) atoms. The van der Waals surface area contributed by atoms with Crippen molar-refractivity contribution in [2.24, 2.45) is 18.9 Å². The number of hydrogen-bond donors (Lipinski definition) is 2. The van der Waals surface area contributed by atoms with Gasteiger partial charge in [-0.05, 0) is 23.2 Å². The normalized spacial score (nSPS) is 16.5. The summed E-state index contributed by atoms with van der Waals surface area (Å²) in [7, 11) is -1.95. The van der Waals surface area contributed by atoms with Crippen molar-refractivity contribution in [1.29, 1.82) is 0 Å². The number of nitrogens with zero attached hydrogens (tertiary/aromatic N) is 3. The quantitative estimate of drug-likeness (QED) is 0.227. The van der Waals surface area contributed by atoms with Crippen molar-refractivity contribution in [3.63, 3.8) is 0 Å². The van der Waals surface area contributed by atoms with Gasteiger partial charge in [0.15, 0.2) is 0 Å². The molecule has 0 spiro atoms. The van der Waals surface area contributed by atoms with Crippen LogP contribution in [-0.2, 0) is 22.7 Å². The van der Waals surface area contributed by atoms with Crippen LogP contribution in [0.25, 0.3) is 0 Å². The number of rotatable bonds is 12. The summed E-state index contributed by atoms with van der Waals surface area (Å²) in [5.41, 5.74) is 0.454. The Kier molecular flexibility index (Phi) is 9.38. The van der Waals surface area contributed by atoms with Crippen molar-refractivity contribution in [1.82, 2.24) is 19.7 Å². The summed E-state index contributed by atoms with van der Waals surface area (Å²) in [6.45, 7) is 9.96. The minimum absolute atomic E-state index is 0.0210. The third kappa shape index (κ3) is 6.84. The van der Waals surface area contributed by atoms with Gasteiger partial charge in [-0.1, -0.05) is 39.6 Å². The van der Waals surface area contributed by atoms with Gasteiger partial charge in [0.25, 0.3) is 0 Å². The fourth-order valence-corrected chi connectivity index (χ4v) is 5.34. The van der Waals surface area contributed by atoms with Gasteiger partial charge >= 0.3 is 13.6 Å². The van der Waals surface area contributed by atoms with Crippen LogP contribution in [0.5, 0.6) is 0 Å². The predicted octanol–water partition coefficient (Wildman–Crippen LogP) is 3.83. The number of alkyl halides is 1. The highest BCUT2D eigenvalue weighted by Gasteiger charge is 2.32. The highest BCUT2D eigenvalue weighted by molar-refractivity contribution is 7.54. The van der Waals surface area contributed by atoms with Crippen molar-refractivity contribution >= 4 is 25.2 Å². The summed E-state index contributed by atoms with van der Waals surface area (Å²) in [5, 5.41) is 17.1. The molecule has 2 N–H and O–H groups in total. The van der Waals surface area contributed by atoms with Crippen molar-refractivity contribution in [3.8, 4) is 0 Å². The first-order valence-electron chi connectivity index (χ1n) is 9.05. The fourth-order valence-electron chi connectivity index (χ4n) is 2.52. The lowest BCUT2D eigenvalue weighted by Crippen LogP contribution is -2.41. The maximum Gasteiger partial charge on any atom is 0.434 e. The van der Waals surface area contributed by atoms with Gasteiger partial charge in [-0.3, -0.25) is 9.09 Å². The van der Waals surface area contributed by atoms with E-state index in [9.17, 15) is 14.7 Å². The van der Waals surface area contributed by atoms with Crippen LogP contribution in [0.2, 0.25) is 0 Å². The maximum absolute atomic E-state index is 13.5. The Bertz CT molecular complexity index is 645. The average molecular weight is 424 g/mol. The molecular weight excluding hydrogens is 393 g/mol. The van der Waals surface area contributed by atoms with Crippen LogP contribution in [0.3, 0.4) is 0 Å². The molecule has 3 atom stereocenters. The first-order chi connectivity index (χ1) is 12.5. The SMILES string of the molecule is CC[C@H](NP(=O)(N[C@@H](CCl)C(C)C)OCc1cnc([N+](=O)[O-])n1C)C(C)C. The molecule has 1 aromatic heterocycles. The first kappa shape index (κ1) is 24.0. The minimum atomic E-state index is -3.47. The van der Waals surface area contributed by atoms with Crippen molar-refractivity contribution < 1.29 is 14.0 Å². The Hall–Kier alpha value is -0.990. The van der Waals surface area contributed by atoms with Gasteiger partial charge in [0.1, 0.15) is 18.5 Å². The lowest BCUT2D eigenvalue weighted by atomic mass is 10.0. The average Bonchev–Trinajstić information content (AvgIpc) is 2.96. The van der Waals surface area contributed by atoms with E-state index in [1.165, 1.54) is 17.8 Å². The molecule has 1 unspecified atom stereocenters. The fraction of sp³-hybridized carbons (Fsp3) is 0.812. The highest BCUT2D eigenvalue weighted by atomic mass is 35.5. The van der Waals surface area contributed by atoms with Crippen molar-refractivity contribution in [2.45, 2.75) is 59.7 Å². The molecule has 0 aromatic carbocycles. The van der Waals surface area contributed by atoms with E-state index in [-0.39, 0.29) is 42.4 Å². The summed E-state index contributed by atoms with van der Waals surface area (Å²) in [6, 6.07) is -0.233. The summed E-state index contributed by atoms with van der Waals surface area (Å²) in [4.78, 5) is 14.1. The van der Waals surface area contributed by atoms with E-state index < -0.39 is 12.6 Å². The molecule has 0 aliphatic rings. The third-order valence-corrected chi connectivity index (χ3v) is 6.67. The summed E-state index contributed by atoms with van der Waals surface area (Å²) < 4.78 is 20.6. The smallest absolute Gasteiger partial charge is 0.390 e. The Labute approximate surface area is 165 Å². The minimum Gasteiger partial charge on any atom is -0.390 e. The zero-order chi connectivity index (χ0) is 20.8. The van der Waals surface area contributed by atoms with E-state index in [0.29, 0.717) is 5.69 Å². The number of imidazole rings is 1. The molecule has 1 aromatic rings. The third-order valence-electron chi connectivity index (χ3n) is 4.50. The van der Waals surface area contributed by atoms with E-state index in [1.54, 1.807) is 0 Å². The molecule has 0 fully saturated rings. The molecule has 0 saturated heterocycles. The second kappa shape index (κ2) is 10.5. The zero-order valence-corrected chi connectivity index (χ0v) is 18.5. The molecule has 0 aliphatic heterocycles. The van der Waals surface area contributed by atoms with E-state index in [0.717, 1.165) is 6.42 Å². The molecule has 1 heterocycles. The van der Waals surface area contributed by atoms with E-state index in [4.69, 9.17) is 16.1 Å². The Morgan fingerprint density at radius 2 is 1.85 bits per heavy atom. The van der Waals surface area contributed by atoms with Gasteiger partial charge in [0.2, 0.25) is 0 Å². The maximum atomic E-state index is 13.5. The molecule has 11 heteroatoms. The van der Waals surface area contributed by atoms with Crippen molar-refractivity contribution in [3.05, 3.63) is 22.0 Å². The molecule has 0 bridgehead atoms. The number of aromatic nitrogens is 2. The summed E-state index contributed by atoms with van der Waals surface area (Å²) >= 11 is 6.03. The van der Waals surface area contributed by atoms with Crippen LogP contribution < -0.4 is 10.2 Å². The van der Waals surface area contributed by atoms with Gasteiger partial charge in [0.05, 0.1) is 7.05 Å². The van der Waals surface area contributed by atoms with Crippen molar-refractivity contribution in [2.75, 3.05) is 5.88 Å². The largest absolute Gasteiger partial charge is 0.434 e. The summed E-state index contributed by atoms with van der Waals surface area (Å²) in [5.74, 6) is 0.388. The Morgan fingerprint density at radius 1 is 1.30 bits per heavy atom. The van der Waals surface area contributed by atoms with Crippen LogP contribution >= 0.6 is 19.3 Å². The van der Waals surface area contributed by atoms with Crippen LogP contribution in [0.1, 0.15) is 46.7 Å². The molecule has 1 rings (SSSR count). The van der Waals surface area contributed by atoms with E-state index in [1.807, 2.05) is 34.6 Å². The monoisotopic (exact) mass is 423 g/mol. The van der Waals surface area contributed by atoms with Crippen LogP contribution in [0, 0.1) is 22.0 Å². The predicted molar refractivity (Wildman–Crippen MR) is 107 cm³/mol. The van der Waals surface area contributed by atoms with Crippen LogP contribution in [0.4, 0.5) is 5.95 Å². The summed E-state index contributed by atoms with van der Waals surface area (Å²) in [6.07, 6.45) is 2.13. The second-order valence-electron chi connectivity index (χ2n) is 7.21. The van der Waals surface area contributed by atoms with Gasteiger partial charge < -0.3 is 10.1 Å². The van der Waals surface area contributed by atoms with E-state index >= 15 is 0 Å². The number of halogens is 1. The number of nitro groups is 1. The molecule has 0 amide bonds. The highest BCUT2D eigenvalue weighted by Crippen LogP contribution is 2.42. The standard InChI is InChI=1S/C16H31ClN5O4P/c1-7-14(11(2)3)19-27(25,20-15(8-17)12(4)5)26-10-13-9-18-16(21(13)6)22(23)24/h9,11-12,14-15H,7-8,10H2,1-6H3,(H2,19,20,25)/t14-,15-,27?/m0/s1. The van der Waals surface area contributed by atoms with Gasteiger partial charge in [-0.25, -0.2) is 14.7 Å². The Morgan fingerprint density at radius 3 is 2.26 bits per heavy atom. The van der Waals surface area contributed by atoms with Crippen LogP contribution in [-0.4, -0.2) is 32.4 Å². The lowest BCUT2D eigenvalue weighted by Gasteiger charge is -2.31. The molecule has 0 saturated carbocycles. The molecule has 156 valence electrons. The van der Waals surface area contributed by atoms with Crippen LogP contribution in [0.15, 0.2) is 6.20 Å². The zero-order valence-electron chi connectivity index (χ0n) is 16.8. The first-order valence-corrected chi connectivity index (χ1v) is 11.2. The topological polar surface area (TPSA) is 111 Å². The lowest BCUT2D eigenvalue weighted by molar-refractivity contribution is -0.396. The van der Waals surface area contributed by atoms with Gasteiger partial charge in [-0.2, -0.15) is 0 Å². The molecule has 0 radical (unpaired) electrons. The molecule has 9 nitrogen and oxygen atoms in total. The number of nitrogens with one attached hydrogen (secondary N) is 2. The molecular formula is C16H31ClN5O4P. The van der Waals surface area contributed by atoms with Gasteiger partial charge in [-0.15, -0.1) is 11.6 Å². The second-order valence-corrected chi connectivity index (χ2v) is 9.40. The molecule has 0 aliphatic carbocycles. The Balaban J connectivity index is 3.03. The number of hydrogen-bond acceptors (Lipinski definition) is 5. The van der Waals surface area contributed by atoms with Gasteiger partial charge in [0, 0.05) is 18.0 Å². The van der Waals surface area contributed by atoms with E-state index in [2.05, 4.69) is 15.2 Å².